The van der Waals surface area contributed by atoms with E-state index in [1.165, 1.54) is 0 Å². The third-order valence-corrected chi connectivity index (χ3v) is 4.15. The van der Waals surface area contributed by atoms with Crippen molar-refractivity contribution in [2.24, 2.45) is 0 Å². The Bertz CT molecular complexity index is 823. The summed E-state index contributed by atoms with van der Waals surface area (Å²) in [7, 11) is 0. The summed E-state index contributed by atoms with van der Waals surface area (Å²) in [6.07, 6.45) is 0.283. The zero-order chi connectivity index (χ0) is 20.8. The lowest BCUT2D eigenvalue weighted by Crippen LogP contribution is -2.36. The van der Waals surface area contributed by atoms with Gasteiger partial charge in [0, 0.05) is 12.8 Å². The molecule has 0 atom stereocenters. The van der Waals surface area contributed by atoms with Gasteiger partial charge in [-0.3, -0.25) is 0 Å². The Morgan fingerprint density at radius 3 is 1.36 bits per heavy atom. The third kappa shape index (κ3) is 6.45. The molecule has 0 saturated heterocycles. The number of hydrogen-bond donors (Lipinski definition) is 0. The quantitative estimate of drug-likeness (QED) is 0.668. The first-order chi connectivity index (χ1) is 13.1. The van der Waals surface area contributed by atoms with Crippen LogP contribution in [0.5, 0.6) is 0 Å². The van der Waals surface area contributed by atoms with Gasteiger partial charge in [0.25, 0.3) is 0 Å². The minimum Gasteiger partial charge on any atom is -0.428 e. The van der Waals surface area contributed by atoms with Crippen molar-refractivity contribution in [3.05, 3.63) is 70.8 Å². The van der Waals surface area contributed by atoms with E-state index in [-0.39, 0.29) is 0 Å². The van der Waals surface area contributed by atoms with Crippen LogP contribution in [0.2, 0.25) is 0 Å². The molecule has 0 N–H and O–H groups in total. The number of nitrogens with zero attached hydrogens (tertiary/aromatic N) is 2. The molecule has 0 aliphatic carbocycles. The maximum Gasteiger partial charge on any atom is 0.509 e. The summed E-state index contributed by atoms with van der Waals surface area (Å²) in [6, 6.07) is 18.5. The lowest BCUT2D eigenvalue weighted by molar-refractivity contribution is -0.0582. The van der Waals surface area contributed by atoms with Gasteiger partial charge in [0.2, 0.25) is 0 Å². The molecule has 2 rings (SSSR count). The summed E-state index contributed by atoms with van der Waals surface area (Å²) in [5, 5.41) is 17.7. The number of hydrogen-bond acceptors (Lipinski definition) is 5. The van der Waals surface area contributed by atoms with Gasteiger partial charge in [0.05, 0.1) is 23.3 Å². The SMILES string of the molecule is CC(C)(Cc1ccc(C#N)cc1)OC(=O)OC(C)(C)Cc1ccc(C#N)cc1. The molecule has 5 heteroatoms. The molecule has 0 aromatic heterocycles. The highest BCUT2D eigenvalue weighted by Gasteiger charge is 2.29. The molecule has 0 amide bonds. The van der Waals surface area contributed by atoms with Gasteiger partial charge < -0.3 is 9.47 Å². The van der Waals surface area contributed by atoms with Crippen LogP contribution in [0.25, 0.3) is 0 Å². The van der Waals surface area contributed by atoms with E-state index in [1.54, 1.807) is 24.3 Å². The summed E-state index contributed by atoms with van der Waals surface area (Å²) in [4.78, 5) is 12.3. The smallest absolute Gasteiger partial charge is 0.428 e. The molecule has 0 fully saturated rings. The van der Waals surface area contributed by atoms with Crippen molar-refractivity contribution in [3.63, 3.8) is 0 Å². The van der Waals surface area contributed by atoms with E-state index in [9.17, 15) is 4.79 Å². The predicted molar refractivity (Wildman–Crippen MR) is 105 cm³/mol. The molecule has 0 radical (unpaired) electrons. The van der Waals surface area contributed by atoms with Crippen molar-refractivity contribution in [2.45, 2.75) is 51.7 Å². The van der Waals surface area contributed by atoms with Crippen LogP contribution in [-0.4, -0.2) is 17.4 Å². The molecule has 0 spiro atoms. The number of ether oxygens (including phenoxy) is 2. The van der Waals surface area contributed by atoms with Gasteiger partial charge in [0.1, 0.15) is 11.2 Å². The van der Waals surface area contributed by atoms with E-state index < -0.39 is 17.4 Å². The second kappa shape index (κ2) is 8.59. The fraction of sp³-hybridized carbons (Fsp3) is 0.348. The number of carbonyl (C=O) groups is 1. The largest absolute Gasteiger partial charge is 0.509 e. The van der Waals surface area contributed by atoms with Crippen LogP contribution in [0.15, 0.2) is 48.5 Å². The maximum atomic E-state index is 12.3. The van der Waals surface area contributed by atoms with E-state index in [0.717, 1.165) is 11.1 Å². The average molecular weight is 376 g/mol. The minimum atomic E-state index is -0.754. The molecule has 2 aromatic carbocycles. The number of carbonyl (C=O) groups excluding carboxylic acids is 1. The fourth-order valence-corrected chi connectivity index (χ4v) is 2.92. The Hall–Kier alpha value is -3.31. The lowest BCUT2D eigenvalue weighted by Gasteiger charge is -2.29. The lowest BCUT2D eigenvalue weighted by atomic mass is 9.97. The van der Waals surface area contributed by atoms with Crippen LogP contribution < -0.4 is 0 Å². The highest BCUT2D eigenvalue weighted by Crippen LogP contribution is 2.22. The van der Waals surface area contributed by atoms with Crippen LogP contribution in [0.1, 0.15) is 49.9 Å². The Kier molecular flexibility index (Phi) is 6.44. The van der Waals surface area contributed by atoms with Gasteiger partial charge in [-0.15, -0.1) is 0 Å². The fourth-order valence-electron chi connectivity index (χ4n) is 2.92. The molecule has 0 saturated carbocycles. The van der Waals surface area contributed by atoms with Crippen LogP contribution in [0.4, 0.5) is 4.79 Å². The number of nitriles is 2. The van der Waals surface area contributed by atoms with E-state index in [4.69, 9.17) is 20.0 Å². The molecule has 28 heavy (non-hydrogen) atoms. The van der Waals surface area contributed by atoms with E-state index >= 15 is 0 Å². The van der Waals surface area contributed by atoms with Crippen molar-refractivity contribution in [3.8, 4) is 12.1 Å². The maximum absolute atomic E-state index is 12.3. The molecule has 0 aliphatic rings. The van der Waals surface area contributed by atoms with Crippen LogP contribution in [0.3, 0.4) is 0 Å². The summed E-state index contributed by atoms with van der Waals surface area (Å²) >= 11 is 0. The second-order valence-corrected chi connectivity index (χ2v) is 7.94. The summed E-state index contributed by atoms with van der Waals surface area (Å²) in [6.45, 7) is 7.28. The highest BCUT2D eigenvalue weighted by molar-refractivity contribution is 5.61. The standard InChI is InChI=1S/C23H24N2O3/c1-22(2,13-17-5-9-19(15-24)10-6-17)27-21(26)28-23(3,4)14-18-7-11-20(16-25)12-8-18/h5-12H,13-14H2,1-4H3. The Morgan fingerprint density at radius 2 is 1.07 bits per heavy atom. The Labute approximate surface area is 166 Å². The van der Waals surface area contributed by atoms with Gasteiger partial charge >= 0.3 is 6.16 Å². The van der Waals surface area contributed by atoms with Crippen molar-refractivity contribution in [1.82, 2.24) is 0 Å². The van der Waals surface area contributed by atoms with Crippen molar-refractivity contribution < 1.29 is 14.3 Å². The summed E-state index contributed by atoms with van der Waals surface area (Å²) in [5.74, 6) is 0. The number of rotatable bonds is 6. The van der Waals surface area contributed by atoms with E-state index in [0.29, 0.717) is 24.0 Å². The first kappa shape index (κ1) is 21.0. The molecule has 0 heterocycles. The molecular formula is C23H24N2O3. The van der Waals surface area contributed by atoms with Crippen LogP contribution >= 0.6 is 0 Å². The molecule has 144 valence electrons. The Morgan fingerprint density at radius 1 is 0.750 bits per heavy atom. The normalized spacial score (nSPS) is 11.2. The van der Waals surface area contributed by atoms with Crippen LogP contribution in [0, 0.1) is 22.7 Å². The summed E-state index contributed by atoms with van der Waals surface area (Å²) < 4.78 is 11.1. The number of benzene rings is 2. The van der Waals surface area contributed by atoms with Gasteiger partial charge in [-0.05, 0) is 63.1 Å². The Balaban J connectivity index is 1.94. The monoisotopic (exact) mass is 376 g/mol. The second-order valence-electron chi connectivity index (χ2n) is 7.94. The zero-order valence-electron chi connectivity index (χ0n) is 16.7. The van der Waals surface area contributed by atoms with Gasteiger partial charge in [0.15, 0.2) is 0 Å². The molecule has 0 unspecified atom stereocenters. The predicted octanol–water partition coefficient (Wildman–Crippen LogP) is 4.93. The van der Waals surface area contributed by atoms with Crippen molar-refractivity contribution in [2.75, 3.05) is 0 Å². The van der Waals surface area contributed by atoms with Crippen molar-refractivity contribution in [1.29, 1.82) is 10.5 Å². The molecular weight excluding hydrogens is 352 g/mol. The van der Waals surface area contributed by atoms with E-state index in [2.05, 4.69) is 12.1 Å². The van der Waals surface area contributed by atoms with Gasteiger partial charge in [-0.1, -0.05) is 24.3 Å². The third-order valence-electron chi connectivity index (χ3n) is 4.15. The highest BCUT2D eigenvalue weighted by atomic mass is 16.7. The minimum absolute atomic E-state index is 0.504. The molecule has 0 bridgehead atoms. The first-order valence-corrected chi connectivity index (χ1v) is 9.02. The molecule has 0 aliphatic heterocycles. The van der Waals surface area contributed by atoms with Crippen molar-refractivity contribution >= 4 is 6.16 Å². The van der Waals surface area contributed by atoms with Gasteiger partial charge in [-0.2, -0.15) is 10.5 Å². The first-order valence-electron chi connectivity index (χ1n) is 9.02. The van der Waals surface area contributed by atoms with Crippen LogP contribution in [-0.2, 0) is 22.3 Å². The molecule has 5 nitrogen and oxygen atoms in total. The zero-order valence-corrected chi connectivity index (χ0v) is 16.7. The summed E-state index contributed by atoms with van der Waals surface area (Å²) in [5.41, 5.74) is 1.60. The average Bonchev–Trinajstić information content (AvgIpc) is 2.61. The van der Waals surface area contributed by atoms with Gasteiger partial charge in [-0.25, -0.2) is 4.79 Å². The van der Waals surface area contributed by atoms with E-state index in [1.807, 2.05) is 52.0 Å². The molecule has 2 aromatic rings. The topological polar surface area (TPSA) is 83.1 Å².